The molecule has 2 rings (SSSR count). The number of nitriles is 1. The lowest BCUT2D eigenvalue weighted by Gasteiger charge is -2.14. The van der Waals surface area contributed by atoms with Crippen LogP contribution in [0.5, 0.6) is 11.5 Å². The summed E-state index contributed by atoms with van der Waals surface area (Å²) in [6, 6.07) is 14.8. The summed E-state index contributed by atoms with van der Waals surface area (Å²) in [6.07, 6.45) is -0.404. The molecule has 0 radical (unpaired) electrons. The van der Waals surface area contributed by atoms with Gasteiger partial charge in [0.05, 0.1) is 17.5 Å². The smallest absolute Gasteiger partial charge is 0.138 e. The zero-order valence-corrected chi connectivity index (χ0v) is 13.6. The molecule has 0 saturated carbocycles. The van der Waals surface area contributed by atoms with Crippen molar-refractivity contribution in [3.63, 3.8) is 0 Å². The first-order valence-electron chi connectivity index (χ1n) is 7.24. The number of aliphatic hydroxyl groups is 1. The molecule has 0 saturated heterocycles. The van der Waals surface area contributed by atoms with Crippen molar-refractivity contribution in [3.05, 3.63) is 58.6 Å². The minimum absolute atomic E-state index is 0.0929. The molecule has 4 nitrogen and oxygen atoms in total. The van der Waals surface area contributed by atoms with Gasteiger partial charge in [0.15, 0.2) is 0 Å². The first-order valence-corrected chi connectivity index (χ1v) is 7.62. The SMILES string of the molecule is Cc1ccc(Cl)c(OCC(O)COc2ccc(CC#N)cc2)c1. The molecule has 1 unspecified atom stereocenters. The predicted molar refractivity (Wildman–Crippen MR) is 88.9 cm³/mol. The fourth-order valence-electron chi connectivity index (χ4n) is 1.94. The molecule has 0 fully saturated rings. The maximum absolute atomic E-state index is 9.93. The highest BCUT2D eigenvalue weighted by atomic mass is 35.5. The van der Waals surface area contributed by atoms with Gasteiger partial charge in [-0.05, 0) is 42.3 Å². The molecule has 23 heavy (non-hydrogen) atoms. The van der Waals surface area contributed by atoms with E-state index < -0.39 is 6.10 Å². The average molecular weight is 332 g/mol. The second-order valence-corrected chi connectivity index (χ2v) is 5.60. The van der Waals surface area contributed by atoms with Gasteiger partial charge in [0, 0.05) is 0 Å². The van der Waals surface area contributed by atoms with Gasteiger partial charge >= 0.3 is 0 Å². The second kappa shape index (κ2) is 8.42. The van der Waals surface area contributed by atoms with E-state index in [0.717, 1.165) is 11.1 Å². The fourth-order valence-corrected chi connectivity index (χ4v) is 2.11. The minimum Gasteiger partial charge on any atom is -0.491 e. The van der Waals surface area contributed by atoms with E-state index >= 15 is 0 Å². The number of hydrogen-bond acceptors (Lipinski definition) is 4. The standard InChI is InChI=1S/C18H18ClNO3/c1-13-2-7-17(19)18(10-13)23-12-15(21)11-22-16-5-3-14(4-6-16)8-9-20/h2-7,10,15,21H,8,11-12H2,1H3. The molecule has 0 aromatic heterocycles. The van der Waals surface area contributed by atoms with Crippen molar-refractivity contribution in [2.75, 3.05) is 13.2 Å². The van der Waals surface area contributed by atoms with Crippen LogP contribution in [0.2, 0.25) is 5.02 Å². The molecule has 1 N–H and O–H groups in total. The van der Waals surface area contributed by atoms with Gasteiger partial charge in [0.2, 0.25) is 0 Å². The van der Waals surface area contributed by atoms with Gasteiger partial charge < -0.3 is 14.6 Å². The monoisotopic (exact) mass is 331 g/mol. The molecular formula is C18H18ClNO3. The number of nitrogens with zero attached hydrogens (tertiary/aromatic N) is 1. The van der Waals surface area contributed by atoms with E-state index in [1.54, 1.807) is 18.2 Å². The summed E-state index contributed by atoms with van der Waals surface area (Å²) in [5.41, 5.74) is 1.96. The van der Waals surface area contributed by atoms with Crippen molar-refractivity contribution in [1.29, 1.82) is 5.26 Å². The lowest BCUT2D eigenvalue weighted by atomic mass is 10.2. The van der Waals surface area contributed by atoms with Gasteiger partial charge in [-0.2, -0.15) is 5.26 Å². The number of benzene rings is 2. The van der Waals surface area contributed by atoms with Crippen LogP contribution in [0.4, 0.5) is 0 Å². The van der Waals surface area contributed by atoms with Gasteiger partial charge in [-0.1, -0.05) is 29.8 Å². The van der Waals surface area contributed by atoms with E-state index in [0.29, 0.717) is 22.9 Å². The molecule has 0 heterocycles. The Kier molecular flexibility index (Phi) is 6.28. The summed E-state index contributed by atoms with van der Waals surface area (Å²) in [5, 5.41) is 19.1. The Morgan fingerprint density at radius 1 is 1.13 bits per heavy atom. The highest BCUT2D eigenvalue weighted by molar-refractivity contribution is 6.32. The quantitative estimate of drug-likeness (QED) is 0.843. The van der Waals surface area contributed by atoms with Crippen LogP contribution in [0.25, 0.3) is 0 Å². The summed E-state index contributed by atoms with van der Waals surface area (Å²) in [7, 11) is 0. The van der Waals surface area contributed by atoms with Gasteiger partial charge in [0.25, 0.3) is 0 Å². The highest BCUT2D eigenvalue weighted by Gasteiger charge is 2.09. The van der Waals surface area contributed by atoms with Crippen LogP contribution < -0.4 is 9.47 Å². The zero-order valence-electron chi connectivity index (χ0n) is 12.8. The van der Waals surface area contributed by atoms with Crippen molar-refractivity contribution < 1.29 is 14.6 Å². The number of aliphatic hydroxyl groups excluding tert-OH is 1. The van der Waals surface area contributed by atoms with Crippen LogP contribution in [0.1, 0.15) is 11.1 Å². The largest absolute Gasteiger partial charge is 0.491 e. The number of rotatable bonds is 7. The normalized spacial score (nSPS) is 11.6. The van der Waals surface area contributed by atoms with Crippen molar-refractivity contribution in [2.24, 2.45) is 0 Å². The lowest BCUT2D eigenvalue weighted by Crippen LogP contribution is -2.25. The topological polar surface area (TPSA) is 62.5 Å². The van der Waals surface area contributed by atoms with E-state index in [1.807, 2.05) is 31.2 Å². The fraction of sp³-hybridized carbons (Fsp3) is 0.278. The molecule has 120 valence electrons. The molecule has 5 heteroatoms. The molecule has 0 aliphatic carbocycles. The third-order valence-electron chi connectivity index (χ3n) is 3.17. The van der Waals surface area contributed by atoms with Crippen LogP contribution >= 0.6 is 11.6 Å². The van der Waals surface area contributed by atoms with Crippen molar-refractivity contribution in [3.8, 4) is 17.6 Å². The Morgan fingerprint density at radius 3 is 2.52 bits per heavy atom. The number of hydrogen-bond donors (Lipinski definition) is 1. The minimum atomic E-state index is -0.773. The van der Waals surface area contributed by atoms with Gasteiger partial charge in [-0.3, -0.25) is 0 Å². The van der Waals surface area contributed by atoms with Gasteiger partial charge in [-0.15, -0.1) is 0 Å². The van der Waals surface area contributed by atoms with E-state index in [1.165, 1.54) is 0 Å². The molecule has 2 aromatic carbocycles. The Hall–Kier alpha value is -2.22. The van der Waals surface area contributed by atoms with Crippen molar-refractivity contribution >= 4 is 11.6 Å². The maximum atomic E-state index is 9.93. The Morgan fingerprint density at radius 2 is 1.83 bits per heavy atom. The van der Waals surface area contributed by atoms with E-state index in [9.17, 15) is 5.11 Å². The summed E-state index contributed by atoms with van der Waals surface area (Å²) in [5.74, 6) is 1.19. The third-order valence-corrected chi connectivity index (χ3v) is 3.48. The Balaban J connectivity index is 1.79. The molecule has 0 aliphatic rings. The van der Waals surface area contributed by atoms with E-state index in [4.69, 9.17) is 26.3 Å². The van der Waals surface area contributed by atoms with E-state index in [-0.39, 0.29) is 13.2 Å². The predicted octanol–water partition coefficient (Wildman–Crippen LogP) is 3.53. The molecule has 0 amide bonds. The molecular weight excluding hydrogens is 314 g/mol. The zero-order chi connectivity index (χ0) is 16.7. The van der Waals surface area contributed by atoms with Crippen molar-refractivity contribution in [1.82, 2.24) is 0 Å². The van der Waals surface area contributed by atoms with Crippen LogP contribution in [0.15, 0.2) is 42.5 Å². The van der Waals surface area contributed by atoms with Gasteiger partial charge in [0.1, 0.15) is 30.8 Å². The molecule has 2 aromatic rings. The van der Waals surface area contributed by atoms with Crippen LogP contribution in [-0.2, 0) is 6.42 Å². The van der Waals surface area contributed by atoms with Crippen LogP contribution in [0, 0.1) is 18.3 Å². The first kappa shape index (κ1) is 17.1. The molecule has 1 atom stereocenters. The maximum Gasteiger partial charge on any atom is 0.138 e. The summed E-state index contributed by atoms with van der Waals surface area (Å²) < 4.78 is 11.0. The Bertz CT molecular complexity index is 680. The number of halogens is 1. The Labute approximate surface area is 140 Å². The van der Waals surface area contributed by atoms with Crippen LogP contribution in [0.3, 0.4) is 0 Å². The molecule has 0 bridgehead atoms. The third kappa shape index (κ3) is 5.48. The summed E-state index contributed by atoms with van der Waals surface area (Å²) in [4.78, 5) is 0. The summed E-state index contributed by atoms with van der Waals surface area (Å²) in [6.45, 7) is 2.15. The highest BCUT2D eigenvalue weighted by Crippen LogP contribution is 2.25. The van der Waals surface area contributed by atoms with E-state index in [2.05, 4.69) is 6.07 Å². The number of ether oxygens (including phenoxy) is 2. The first-order chi connectivity index (χ1) is 11.1. The average Bonchev–Trinajstić information content (AvgIpc) is 2.55. The van der Waals surface area contributed by atoms with Crippen LogP contribution in [-0.4, -0.2) is 24.4 Å². The second-order valence-electron chi connectivity index (χ2n) is 5.19. The molecule has 0 spiro atoms. The van der Waals surface area contributed by atoms with Crippen molar-refractivity contribution in [2.45, 2.75) is 19.4 Å². The number of aryl methyl sites for hydroxylation is 1. The molecule has 0 aliphatic heterocycles. The summed E-state index contributed by atoms with van der Waals surface area (Å²) >= 11 is 6.03. The van der Waals surface area contributed by atoms with Gasteiger partial charge in [-0.25, -0.2) is 0 Å². The lowest BCUT2D eigenvalue weighted by molar-refractivity contribution is 0.0626.